The fraction of sp³-hybridized carbons (Fsp3) is 0.0800. The standard InChI is InChI=1S/C50H44N2/c1-37-21-11-17-31-45(37)51(46-32-18-12-22-38(46)2)49(35-41-25-7-5-8-26-41)43-29-15-16-30-44(43)50(36-42-27-9-6-10-28-42)52(47-33-19-13-23-39(47)3)48-34-20-14-24-40(48)4/h5-36H,1-4H3. The van der Waals surface area contributed by atoms with E-state index in [2.05, 4.69) is 232 Å². The Morgan fingerprint density at radius 2 is 0.558 bits per heavy atom. The fourth-order valence-electron chi connectivity index (χ4n) is 6.91. The van der Waals surface area contributed by atoms with E-state index in [-0.39, 0.29) is 0 Å². The second-order valence-electron chi connectivity index (χ2n) is 13.2. The molecule has 0 saturated heterocycles. The van der Waals surface area contributed by atoms with Gasteiger partial charge in [-0.1, -0.05) is 158 Å². The van der Waals surface area contributed by atoms with Gasteiger partial charge < -0.3 is 9.80 Å². The van der Waals surface area contributed by atoms with Crippen LogP contribution in [0, 0.1) is 27.7 Å². The molecule has 0 aromatic heterocycles. The smallest absolute Gasteiger partial charge is 0.0547 e. The molecule has 2 heteroatoms. The average molecular weight is 673 g/mol. The van der Waals surface area contributed by atoms with Crippen LogP contribution in [-0.4, -0.2) is 0 Å². The molecule has 0 atom stereocenters. The second-order valence-corrected chi connectivity index (χ2v) is 13.2. The molecule has 0 aliphatic carbocycles. The summed E-state index contributed by atoms with van der Waals surface area (Å²) in [6.45, 7) is 8.80. The van der Waals surface area contributed by atoms with Gasteiger partial charge in [0.2, 0.25) is 0 Å². The SMILES string of the molecule is Cc1ccccc1N(C(=Cc1ccccc1)c1ccccc1C(=Cc1ccccc1)N(c1ccccc1C)c1ccccc1C)c1ccccc1C. The summed E-state index contributed by atoms with van der Waals surface area (Å²) in [4.78, 5) is 4.89. The summed E-state index contributed by atoms with van der Waals surface area (Å²) in [5.74, 6) is 0. The molecule has 0 N–H and O–H groups in total. The predicted octanol–water partition coefficient (Wildman–Crippen LogP) is 13.6. The Bertz CT molecular complexity index is 2090. The number of aryl methyl sites for hydroxylation is 4. The van der Waals surface area contributed by atoms with E-state index in [0.717, 1.165) is 56.4 Å². The molecule has 7 aromatic rings. The highest BCUT2D eigenvalue weighted by molar-refractivity contribution is 6.04. The lowest BCUT2D eigenvalue weighted by Crippen LogP contribution is -2.21. The molecule has 0 spiro atoms. The third-order valence-electron chi connectivity index (χ3n) is 9.59. The Balaban J connectivity index is 1.59. The van der Waals surface area contributed by atoms with Gasteiger partial charge in [0.05, 0.1) is 11.4 Å². The van der Waals surface area contributed by atoms with E-state index in [4.69, 9.17) is 0 Å². The first kappa shape index (κ1) is 34.1. The minimum atomic E-state index is 1.08. The minimum Gasteiger partial charge on any atom is -0.309 e. The molecule has 0 amide bonds. The van der Waals surface area contributed by atoms with E-state index in [1.165, 1.54) is 22.3 Å². The van der Waals surface area contributed by atoms with Crippen LogP contribution in [0.5, 0.6) is 0 Å². The molecular weight excluding hydrogens is 629 g/mol. The van der Waals surface area contributed by atoms with E-state index in [9.17, 15) is 0 Å². The van der Waals surface area contributed by atoms with E-state index in [0.29, 0.717) is 0 Å². The highest BCUT2D eigenvalue weighted by Crippen LogP contribution is 2.45. The van der Waals surface area contributed by atoms with Crippen LogP contribution in [0.25, 0.3) is 23.5 Å². The molecule has 52 heavy (non-hydrogen) atoms. The van der Waals surface area contributed by atoms with Gasteiger partial charge in [-0.25, -0.2) is 0 Å². The molecule has 0 bridgehead atoms. The van der Waals surface area contributed by atoms with Crippen LogP contribution < -0.4 is 9.80 Å². The van der Waals surface area contributed by atoms with Crippen molar-refractivity contribution < 1.29 is 0 Å². The van der Waals surface area contributed by atoms with Gasteiger partial charge in [0.15, 0.2) is 0 Å². The van der Waals surface area contributed by atoms with Gasteiger partial charge in [0.25, 0.3) is 0 Å². The van der Waals surface area contributed by atoms with Gasteiger partial charge in [-0.15, -0.1) is 0 Å². The molecule has 7 aromatic carbocycles. The van der Waals surface area contributed by atoms with Crippen molar-refractivity contribution in [3.05, 3.63) is 226 Å². The number of para-hydroxylation sites is 4. The topological polar surface area (TPSA) is 6.48 Å². The van der Waals surface area contributed by atoms with Crippen molar-refractivity contribution in [3.63, 3.8) is 0 Å². The summed E-state index contributed by atoms with van der Waals surface area (Å²) >= 11 is 0. The molecule has 0 unspecified atom stereocenters. The van der Waals surface area contributed by atoms with Crippen LogP contribution in [0.15, 0.2) is 182 Å². The summed E-state index contributed by atoms with van der Waals surface area (Å²) in [5.41, 5.74) is 16.0. The lowest BCUT2D eigenvalue weighted by molar-refractivity contribution is 1.22. The van der Waals surface area contributed by atoms with Gasteiger partial charge in [0.1, 0.15) is 0 Å². The molecule has 0 saturated carbocycles. The fourth-order valence-corrected chi connectivity index (χ4v) is 6.91. The second kappa shape index (κ2) is 15.7. The van der Waals surface area contributed by atoms with Crippen molar-refractivity contribution in [2.75, 3.05) is 9.80 Å². The summed E-state index contributed by atoms with van der Waals surface area (Å²) < 4.78 is 0. The largest absolute Gasteiger partial charge is 0.309 e. The van der Waals surface area contributed by atoms with Gasteiger partial charge >= 0.3 is 0 Å². The Morgan fingerprint density at radius 3 is 0.846 bits per heavy atom. The van der Waals surface area contributed by atoms with E-state index in [1.54, 1.807) is 0 Å². The number of hydrogen-bond acceptors (Lipinski definition) is 2. The third kappa shape index (κ3) is 7.24. The molecule has 0 fully saturated rings. The highest BCUT2D eigenvalue weighted by Gasteiger charge is 2.26. The number of benzene rings is 7. The first-order valence-corrected chi connectivity index (χ1v) is 18.0. The number of anilines is 4. The Kier molecular flexibility index (Phi) is 10.3. The zero-order chi connectivity index (χ0) is 35.9. The Morgan fingerprint density at radius 1 is 0.308 bits per heavy atom. The zero-order valence-corrected chi connectivity index (χ0v) is 30.4. The Labute approximate surface area is 309 Å². The van der Waals surface area contributed by atoms with Gasteiger partial charge in [-0.3, -0.25) is 0 Å². The average Bonchev–Trinajstić information content (AvgIpc) is 3.18. The zero-order valence-electron chi connectivity index (χ0n) is 30.4. The maximum Gasteiger partial charge on any atom is 0.0547 e. The van der Waals surface area contributed by atoms with Crippen molar-refractivity contribution in [1.29, 1.82) is 0 Å². The first-order valence-electron chi connectivity index (χ1n) is 18.0. The summed E-state index contributed by atoms with van der Waals surface area (Å²) in [7, 11) is 0. The van der Waals surface area contributed by atoms with E-state index < -0.39 is 0 Å². The maximum absolute atomic E-state index is 2.45. The van der Waals surface area contributed by atoms with Crippen LogP contribution in [0.3, 0.4) is 0 Å². The number of rotatable bonds is 10. The van der Waals surface area contributed by atoms with Crippen LogP contribution in [0.2, 0.25) is 0 Å². The van der Waals surface area contributed by atoms with Crippen LogP contribution in [0.1, 0.15) is 44.5 Å². The molecule has 0 heterocycles. The van der Waals surface area contributed by atoms with Crippen molar-refractivity contribution in [1.82, 2.24) is 0 Å². The van der Waals surface area contributed by atoms with Crippen molar-refractivity contribution >= 4 is 46.3 Å². The molecule has 0 aliphatic rings. The molecule has 2 nitrogen and oxygen atoms in total. The molecule has 254 valence electrons. The summed E-state index contributed by atoms with van der Waals surface area (Å²) in [6, 6.07) is 65.0. The van der Waals surface area contributed by atoms with Crippen molar-refractivity contribution in [2.45, 2.75) is 27.7 Å². The lowest BCUT2D eigenvalue weighted by atomic mass is 9.94. The molecule has 0 aliphatic heterocycles. The Hall–Kier alpha value is -6.38. The predicted molar refractivity (Wildman–Crippen MR) is 224 cm³/mol. The molecule has 7 rings (SSSR count). The molecular formula is C50H44N2. The minimum absolute atomic E-state index is 1.08. The van der Waals surface area contributed by atoms with Gasteiger partial charge in [-0.05, 0) is 97.5 Å². The maximum atomic E-state index is 2.45. The highest BCUT2D eigenvalue weighted by atomic mass is 15.2. The number of hydrogen-bond donors (Lipinski definition) is 0. The van der Waals surface area contributed by atoms with Crippen molar-refractivity contribution in [3.8, 4) is 0 Å². The number of nitrogens with zero attached hydrogens (tertiary/aromatic N) is 2. The third-order valence-corrected chi connectivity index (χ3v) is 9.59. The summed E-state index contributed by atoms with van der Waals surface area (Å²) in [6.07, 6.45) is 4.67. The van der Waals surface area contributed by atoms with E-state index in [1.807, 2.05) is 0 Å². The van der Waals surface area contributed by atoms with Crippen LogP contribution in [-0.2, 0) is 0 Å². The lowest BCUT2D eigenvalue weighted by Gasteiger charge is -2.35. The van der Waals surface area contributed by atoms with Crippen LogP contribution in [0.4, 0.5) is 22.7 Å². The summed E-state index contributed by atoms with van der Waals surface area (Å²) in [5, 5.41) is 0. The monoisotopic (exact) mass is 672 g/mol. The quantitative estimate of drug-likeness (QED) is 0.133. The first-order chi connectivity index (χ1) is 25.5. The normalized spacial score (nSPS) is 11.7. The van der Waals surface area contributed by atoms with Gasteiger partial charge in [-0.2, -0.15) is 0 Å². The van der Waals surface area contributed by atoms with Crippen LogP contribution >= 0.6 is 0 Å². The van der Waals surface area contributed by atoms with Gasteiger partial charge in [0, 0.05) is 33.9 Å². The van der Waals surface area contributed by atoms with Crippen molar-refractivity contribution in [2.24, 2.45) is 0 Å². The molecule has 0 radical (unpaired) electrons. The van der Waals surface area contributed by atoms with E-state index >= 15 is 0 Å².